The molecule has 1 aliphatic heterocycles. The molecule has 0 aromatic heterocycles. The van der Waals surface area contributed by atoms with Gasteiger partial charge in [0.15, 0.2) is 0 Å². The number of rotatable bonds is 2. The lowest BCUT2D eigenvalue weighted by molar-refractivity contribution is -0.140. The van der Waals surface area contributed by atoms with Crippen LogP contribution in [0.15, 0.2) is 24.3 Å². The summed E-state index contributed by atoms with van der Waals surface area (Å²) in [7, 11) is 1.55. The second-order valence-electron chi connectivity index (χ2n) is 4.19. The van der Waals surface area contributed by atoms with Gasteiger partial charge in [-0.05, 0) is 12.1 Å². The molecule has 1 aliphatic rings. The standard InChI is InChI=1S/C12H14N2O4S/c1-13(8-3-2-4-9(15)5-8)12(18)14-7-19-6-10(14)11(16)17/h2-5,10,15H,6-7H2,1H3,(H,16,17). The Morgan fingerprint density at radius 1 is 1.47 bits per heavy atom. The first-order valence-electron chi connectivity index (χ1n) is 5.64. The Kier molecular flexibility index (Phi) is 3.84. The fourth-order valence-electron chi connectivity index (χ4n) is 1.84. The molecule has 0 saturated carbocycles. The maximum absolute atomic E-state index is 12.3. The number of anilines is 1. The second kappa shape index (κ2) is 5.40. The van der Waals surface area contributed by atoms with Crippen molar-refractivity contribution in [3.05, 3.63) is 24.3 Å². The number of hydrogen-bond donors (Lipinski definition) is 2. The SMILES string of the molecule is CN(C(=O)N1CSCC1C(=O)O)c1cccc(O)c1. The third-order valence-electron chi connectivity index (χ3n) is 2.92. The fourth-order valence-corrected chi connectivity index (χ4v) is 2.98. The normalized spacial score (nSPS) is 18.4. The maximum atomic E-state index is 12.3. The number of nitrogens with zero attached hydrogens (tertiary/aromatic N) is 2. The zero-order chi connectivity index (χ0) is 14.0. The lowest BCUT2D eigenvalue weighted by Crippen LogP contribution is -2.47. The highest BCUT2D eigenvalue weighted by Crippen LogP contribution is 2.25. The average molecular weight is 282 g/mol. The molecule has 2 amide bonds. The van der Waals surface area contributed by atoms with Crippen LogP contribution in [0.4, 0.5) is 10.5 Å². The van der Waals surface area contributed by atoms with Crippen LogP contribution < -0.4 is 4.90 Å². The molecule has 1 atom stereocenters. The Hall–Kier alpha value is -1.89. The number of phenolic OH excluding ortho intramolecular Hbond substituents is 1. The van der Waals surface area contributed by atoms with Gasteiger partial charge in [0.2, 0.25) is 0 Å². The van der Waals surface area contributed by atoms with Gasteiger partial charge in [0.25, 0.3) is 0 Å². The molecule has 2 N–H and O–H groups in total. The van der Waals surface area contributed by atoms with Crippen molar-refractivity contribution in [2.45, 2.75) is 6.04 Å². The molecular formula is C12H14N2O4S. The lowest BCUT2D eigenvalue weighted by atomic mass is 10.2. The van der Waals surface area contributed by atoms with Gasteiger partial charge in [-0.2, -0.15) is 0 Å². The van der Waals surface area contributed by atoms with Crippen LogP contribution in [0, 0.1) is 0 Å². The van der Waals surface area contributed by atoms with E-state index in [0.29, 0.717) is 17.3 Å². The van der Waals surface area contributed by atoms with Crippen LogP contribution in [0.1, 0.15) is 0 Å². The van der Waals surface area contributed by atoms with Gasteiger partial charge in [0.05, 0.1) is 5.88 Å². The van der Waals surface area contributed by atoms with Crippen molar-refractivity contribution in [3.63, 3.8) is 0 Å². The quantitative estimate of drug-likeness (QED) is 0.857. The first-order chi connectivity index (χ1) is 9.00. The molecule has 1 unspecified atom stereocenters. The predicted octanol–water partition coefficient (Wildman–Crippen LogP) is 1.41. The molecule has 0 bridgehead atoms. The predicted molar refractivity (Wildman–Crippen MR) is 72.5 cm³/mol. The molecule has 1 aromatic carbocycles. The highest BCUT2D eigenvalue weighted by atomic mass is 32.2. The number of hydrogen-bond acceptors (Lipinski definition) is 4. The number of carbonyl (C=O) groups is 2. The van der Waals surface area contributed by atoms with Gasteiger partial charge < -0.3 is 15.1 Å². The van der Waals surface area contributed by atoms with Gasteiger partial charge in [-0.3, -0.25) is 4.90 Å². The molecule has 102 valence electrons. The van der Waals surface area contributed by atoms with Crippen molar-refractivity contribution in [1.82, 2.24) is 4.90 Å². The molecule has 6 nitrogen and oxygen atoms in total. The summed E-state index contributed by atoms with van der Waals surface area (Å²) in [6.07, 6.45) is 0. The molecule has 1 saturated heterocycles. The first-order valence-corrected chi connectivity index (χ1v) is 6.80. The van der Waals surface area contributed by atoms with Crippen molar-refractivity contribution in [3.8, 4) is 5.75 Å². The average Bonchev–Trinajstić information content (AvgIpc) is 2.86. The van der Waals surface area contributed by atoms with Crippen molar-refractivity contribution in [2.75, 3.05) is 23.6 Å². The van der Waals surface area contributed by atoms with E-state index in [2.05, 4.69) is 0 Å². The highest BCUT2D eigenvalue weighted by molar-refractivity contribution is 7.99. The van der Waals surface area contributed by atoms with E-state index in [1.807, 2.05) is 0 Å². The maximum Gasteiger partial charge on any atom is 0.327 e. The summed E-state index contributed by atoms with van der Waals surface area (Å²) in [5.74, 6) is -0.182. The van der Waals surface area contributed by atoms with Crippen LogP contribution in [-0.4, -0.2) is 51.8 Å². The van der Waals surface area contributed by atoms with E-state index in [-0.39, 0.29) is 11.8 Å². The molecular weight excluding hydrogens is 268 g/mol. The van der Waals surface area contributed by atoms with Crippen LogP contribution in [0.3, 0.4) is 0 Å². The number of phenols is 1. The van der Waals surface area contributed by atoms with E-state index in [0.717, 1.165) is 0 Å². The Labute approximate surface area is 114 Å². The van der Waals surface area contributed by atoms with Crippen molar-refractivity contribution in [1.29, 1.82) is 0 Å². The van der Waals surface area contributed by atoms with E-state index in [4.69, 9.17) is 5.11 Å². The van der Waals surface area contributed by atoms with Crippen LogP contribution in [0.5, 0.6) is 5.75 Å². The van der Waals surface area contributed by atoms with Crippen LogP contribution in [0.2, 0.25) is 0 Å². The molecule has 1 heterocycles. The van der Waals surface area contributed by atoms with Gasteiger partial charge >= 0.3 is 12.0 Å². The first kappa shape index (κ1) is 13.5. The summed E-state index contributed by atoms with van der Waals surface area (Å²) in [6.45, 7) is 0. The number of aliphatic carboxylic acids is 1. The van der Waals surface area contributed by atoms with Gasteiger partial charge in [-0.25, -0.2) is 9.59 Å². The fraction of sp³-hybridized carbons (Fsp3) is 0.333. The summed E-state index contributed by atoms with van der Waals surface area (Å²) in [5, 5.41) is 18.5. The number of carboxylic acids is 1. The zero-order valence-corrected chi connectivity index (χ0v) is 11.1. The minimum absolute atomic E-state index is 0.0581. The number of benzene rings is 1. The summed E-state index contributed by atoms with van der Waals surface area (Å²) >= 11 is 1.41. The Bertz CT molecular complexity index is 508. The topological polar surface area (TPSA) is 81.1 Å². The molecule has 1 aromatic rings. The van der Waals surface area contributed by atoms with Gasteiger partial charge in [0, 0.05) is 24.6 Å². The molecule has 0 spiro atoms. The van der Waals surface area contributed by atoms with E-state index >= 15 is 0 Å². The van der Waals surface area contributed by atoms with Crippen LogP contribution in [0.25, 0.3) is 0 Å². The summed E-state index contributed by atoms with van der Waals surface area (Å²) in [5.41, 5.74) is 0.519. The molecule has 19 heavy (non-hydrogen) atoms. The highest BCUT2D eigenvalue weighted by Gasteiger charge is 2.36. The number of amides is 2. The third kappa shape index (κ3) is 2.76. The van der Waals surface area contributed by atoms with Crippen molar-refractivity contribution < 1.29 is 19.8 Å². The zero-order valence-electron chi connectivity index (χ0n) is 10.3. The Morgan fingerprint density at radius 2 is 2.21 bits per heavy atom. The van der Waals surface area contributed by atoms with Crippen molar-refractivity contribution >= 4 is 29.4 Å². The van der Waals surface area contributed by atoms with Gasteiger partial charge in [-0.15, -0.1) is 11.8 Å². The van der Waals surface area contributed by atoms with E-state index in [1.54, 1.807) is 19.2 Å². The number of carboxylic acid groups (broad SMARTS) is 1. The number of urea groups is 1. The molecule has 0 aliphatic carbocycles. The number of thioether (sulfide) groups is 1. The lowest BCUT2D eigenvalue weighted by Gasteiger charge is -2.27. The largest absolute Gasteiger partial charge is 0.508 e. The Balaban J connectivity index is 2.17. The van der Waals surface area contributed by atoms with E-state index < -0.39 is 12.0 Å². The summed E-state index contributed by atoms with van der Waals surface area (Å²) in [4.78, 5) is 26.0. The monoisotopic (exact) mass is 282 g/mol. The van der Waals surface area contributed by atoms with Crippen LogP contribution >= 0.6 is 11.8 Å². The van der Waals surface area contributed by atoms with Gasteiger partial charge in [0.1, 0.15) is 11.8 Å². The minimum atomic E-state index is -0.998. The van der Waals surface area contributed by atoms with Gasteiger partial charge in [-0.1, -0.05) is 6.07 Å². The van der Waals surface area contributed by atoms with E-state index in [9.17, 15) is 14.7 Å². The third-order valence-corrected chi connectivity index (χ3v) is 3.93. The molecule has 7 heteroatoms. The molecule has 1 fully saturated rings. The van der Waals surface area contributed by atoms with Crippen LogP contribution in [-0.2, 0) is 4.79 Å². The summed E-state index contributed by atoms with van der Waals surface area (Å²) < 4.78 is 0. The summed E-state index contributed by atoms with van der Waals surface area (Å²) in [6, 6.07) is 5.09. The van der Waals surface area contributed by atoms with E-state index in [1.165, 1.54) is 33.7 Å². The minimum Gasteiger partial charge on any atom is -0.508 e. The number of aromatic hydroxyl groups is 1. The molecule has 0 radical (unpaired) electrons. The Morgan fingerprint density at radius 3 is 2.84 bits per heavy atom. The smallest absolute Gasteiger partial charge is 0.327 e. The second-order valence-corrected chi connectivity index (χ2v) is 5.18. The van der Waals surface area contributed by atoms with Crippen molar-refractivity contribution in [2.24, 2.45) is 0 Å². The molecule has 2 rings (SSSR count). The number of carbonyl (C=O) groups excluding carboxylic acids is 1.